The summed E-state index contributed by atoms with van der Waals surface area (Å²) in [6.45, 7) is 0.361. The van der Waals surface area contributed by atoms with Crippen molar-refractivity contribution in [3.63, 3.8) is 0 Å². The van der Waals surface area contributed by atoms with Gasteiger partial charge in [-0.3, -0.25) is 4.79 Å². The molecule has 7 heteroatoms. The molecular weight excluding hydrogens is 282 g/mol. The SMILES string of the molecule is N/C(=N\OCC(=O)NCc1cccs1)c1ccsc1. The number of oxime groups is 1. The molecule has 5 nitrogen and oxygen atoms in total. The molecule has 3 N–H and O–H groups in total. The molecule has 0 aliphatic rings. The topological polar surface area (TPSA) is 76.7 Å². The number of nitrogens with two attached hydrogens (primary N) is 1. The number of carbonyl (C=O) groups is 1. The highest BCUT2D eigenvalue weighted by atomic mass is 32.1. The van der Waals surface area contributed by atoms with Gasteiger partial charge in [0.1, 0.15) is 0 Å². The van der Waals surface area contributed by atoms with Crippen LogP contribution in [0.1, 0.15) is 10.4 Å². The molecule has 0 spiro atoms. The Kier molecular flexibility index (Phi) is 4.93. The Labute approximate surface area is 118 Å². The molecule has 19 heavy (non-hydrogen) atoms. The molecule has 2 heterocycles. The van der Waals surface area contributed by atoms with Crippen molar-refractivity contribution >= 4 is 34.4 Å². The normalized spacial score (nSPS) is 11.3. The minimum atomic E-state index is -0.227. The zero-order chi connectivity index (χ0) is 13.5. The lowest BCUT2D eigenvalue weighted by molar-refractivity contribution is -0.125. The predicted molar refractivity (Wildman–Crippen MR) is 77.2 cm³/mol. The number of amides is 1. The molecule has 2 aromatic heterocycles. The largest absolute Gasteiger partial charge is 0.384 e. The fraction of sp³-hybridized carbons (Fsp3) is 0.167. The third kappa shape index (κ3) is 4.38. The lowest BCUT2D eigenvalue weighted by Gasteiger charge is -2.03. The fourth-order valence-corrected chi connectivity index (χ4v) is 2.57. The van der Waals surface area contributed by atoms with Gasteiger partial charge < -0.3 is 15.9 Å². The van der Waals surface area contributed by atoms with Gasteiger partial charge in [-0.25, -0.2) is 0 Å². The van der Waals surface area contributed by atoms with Gasteiger partial charge in [-0.15, -0.1) is 11.3 Å². The average molecular weight is 295 g/mol. The number of amidine groups is 1. The van der Waals surface area contributed by atoms with Crippen LogP contribution in [0.3, 0.4) is 0 Å². The Morgan fingerprint density at radius 1 is 1.42 bits per heavy atom. The van der Waals surface area contributed by atoms with Gasteiger partial charge in [0.25, 0.3) is 5.91 Å². The van der Waals surface area contributed by atoms with E-state index in [1.54, 1.807) is 11.3 Å². The summed E-state index contributed by atoms with van der Waals surface area (Å²) in [5.41, 5.74) is 6.47. The summed E-state index contributed by atoms with van der Waals surface area (Å²) < 4.78 is 0. The standard InChI is InChI=1S/C12H13N3O2S2/c13-12(9-3-5-18-8-9)15-17-7-11(16)14-6-10-2-1-4-19-10/h1-5,8H,6-7H2,(H2,13,15)(H,14,16). The summed E-state index contributed by atoms with van der Waals surface area (Å²) in [5, 5.41) is 12.1. The Bertz CT molecular complexity index is 535. The van der Waals surface area contributed by atoms with E-state index in [-0.39, 0.29) is 18.3 Å². The number of carbonyl (C=O) groups excluding carboxylic acids is 1. The van der Waals surface area contributed by atoms with Gasteiger partial charge in [-0.05, 0) is 22.9 Å². The molecule has 0 radical (unpaired) electrons. The van der Waals surface area contributed by atoms with Crippen LogP contribution >= 0.6 is 22.7 Å². The molecule has 2 rings (SSSR count). The molecule has 0 aliphatic heterocycles. The average Bonchev–Trinajstić information content (AvgIpc) is 3.09. The van der Waals surface area contributed by atoms with Crippen LogP contribution in [-0.4, -0.2) is 18.3 Å². The molecule has 0 aliphatic carbocycles. The van der Waals surface area contributed by atoms with Gasteiger partial charge in [-0.1, -0.05) is 11.2 Å². The Balaban J connectivity index is 1.70. The number of hydrogen-bond donors (Lipinski definition) is 2. The zero-order valence-electron chi connectivity index (χ0n) is 10.0. The van der Waals surface area contributed by atoms with E-state index in [0.29, 0.717) is 6.54 Å². The Morgan fingerprint density at radius 2 is 2.32 bits per heavy atom. The first-order chi connectivity index (χ1) is 9.25. The van der Waals surface area contributed by atoms with E-state index in [4.69, 9.17) is 10.6 Å². The number of nitrogens with zero attached hydrogens (tertiary/aromatic N) is 1. The lowest BCUT2D eigenvalue weighted by atomic mass is 10.3. The first kappa shape index (κ1) is 13.6. The maximum absolute atomic E-state index is 11.5. The first-order valence-corrected chi connectivity index (χ1v) is 7.35. The van der Waals surface area contributed by atoms with Crippen LogP contribution in [0.25, 0.3) is 0 Å². The summed E-state index contributed by atoms with van der Waals surface area (Å²) >= 11 is 3.11. The second-order valence-electron chi connectivity index (χ2n) is 3.62. The minimum Gasteiger partial charge on any atom is -0.384 e. The quantitative estimate of drug-likeness (QED) is 0.484. The monoisotopic (exact) mass is 295 g/mol. The molecule has 0 bridgehead atoms. The van der Waals surface area contributed by atoms with Gasteiger partial charge >= 0.3 is 0 Å². The van der Waals surface area contributed by atoms with Crippen molar-refractivity contribution in [1.82, 2.24) is 5.32 Å². The van der Waals surface area contributed by atoms with E-state index < -0.39 is 0 Å². The van der Waals surface area contributed by atoms with Gasteiger partial charge in [0.05, 0.1) is 6.54 Å². The smallest absolute Gasteiger partial charge is 0.261 e. The molecule has 100 valence electrons. The second kappa shape index (κ2) is 6.91. The van der Waals surface area contributed by atoms with Crippen LogP contribution in [0.4, 0.5) is 0 Å². The highest BCUT2D eigenvalue weighted by Crippen LogP contribution is 2.07. The predicted octanol–water partition coefficient (Wildman–Crippen LogP) is 1.76. The van der Waals surface area contributed by atoms with E-state index >= 15 is 0 Å². The lowest BCUT2D eigenvalue weighted by Crippen LogP contribution is -2.26. The highest BCUT2D eigenvalue weighted by Gasteiger charge is 2.03. The molecule has 0 saturated carbocycles. The molecule has 0 atom stereocenters. The van der Waals surface area contributed by atoms with E-state index in [1.807, 2.05) is 34.3 Å². The molecule has 0 saturated heterocycles. The van der Waals surface area contributed by atoms with Crippen LogP contribution in [0, 0.1) is 0 Å². The molecule has 0 fully saturated rings. The number of hydrogen-bond acceptors (Lipinski definition) is 5. The summed E-state index contributed by atoms with van der Waals surface area (Å²) in [5.74, 6) is 0.0441. The van der Waals surface area contributed by atoms with Crippen molar-refractivity contribution in [2.24, 2.45) is 10.9 Å². The van der Waals surface area contributed by atoms with E-state index in [2.05, 4.69) is 10.5 Å². The van der Waals surface area contributed by atoms with Gasteiger partial charge in [0.2, 0.25) is 0 Å². The van der Waals surface area contributed by atoms with Crippen molar-refractivity contribution in [2.75, 3.05) is 6.61 Å². The van der Waals surface area contributed by atoms with E-state index in [0.717, 1.165) is 10.4 Å². The first-order valence-electron chi connectivity index (χ1n) is 5.53. The molecule has 1 amide bonds. The number of thiophene rings is 2. The van der Waals surface area contributed by atoms with Crippen LogP contribution in [0.5, 0.6) is 0 Å². The van der Waals surface area contributed by atoms with Crippen molar-refractivity contribution in [3.8, 4) is 0 Å². The summed E-state index contributed by atoms with van der Waals surface area (Å²) in [6.07, 6.45) is 0. The van der Waals surface area contributed by atoms with Gasteiger partial charge in [0, 0.05) is 15.8 Å². The van der Waals surface area contributed by atoms with E-state index in [1.165, 1.54) is 11.3 Å². The fourth-order valence-electron chi connectivity index (χ4n) is 1.27. The van der Waals surface area contributed by atoms with Gasteiger partial charge in [0.15, 0.2) is 12.4 Å². The zero-order valence-corrected chi connectivity index (χ0v) is 11.7. The van der Waals surface area contributed by atoms with Gasteiger partial charge in [-0.2, -0.15) is 11.3 Å². The van der Waals surface area contributed by atoms with Crippen molar-refractivity contribution < 1.29 is 9.63 Å². The Morgan fingerprint density at radius 3 is 3.00 bits per heavy atom. The van der Waals surface area contributed by atoms with Crippen molar-refractivity contribution in [2.45, 2.75) is 6.54 Å². The van der Waals surface area contributed by atoms with Crippen molar-refractivity contribution in [1.29, 1.82) is 0 Å². The van der Waals surface area contributed by atoms with Crippen LogP contribution in [0.15, 0.2) is 39.5 Å². The minimum absolute atomic E-state index is 0.143. The van der Waals surface area contributed by atoms with Crippen LogP contribution in [0.2, 0.25) is 0 Å². The molecule has 2 aromatic rings. The van der Waals surface area contributed by atoms with Crippen LogP contribution in [-0.2, 0) is 16.2 Å². The summed E-state index contributed by atoms with van der Waals surface area (Å²) in [4.78, 5) is 17.5. The molecule has 0 aromatic carbocycles. The number of nitrogens with one attached hydrogen (secondary N) is 1. The maximum atomic E-state index is 11.5. The third-order valence-electron chi connectivity index (χ3n) is 2.22. The molecular formula is C12H13N3O2S2. The Hall–Kier alpha value is -1.86. The highest BCUT2D eigenvalue weighted by molar-refractivity contribution is 7.09. The van der Waals surface area contributed by atoms with E-state index in [9.17, 15) is 4.79 Å². The number of rotatable bonds is 6. The summed E-state index contributed by atoms with van der Waals surface area (Å²) in [7, 11) is 0. The van der Waals surface area contributed by atoms with Crippen molar-refractivity contribution in [3.05, 3.63) is 44.8 Å². The maximum Gasteiger partial charge on any atom is 0.261 e. The van der Waals surface area contributed by atoms with Crippen LogP contribution < -0.4 is 11.1 Å². The second-order valence-corrected chi connectivity index (χ2v) is 5.43. The summed E-state index contributed by atoms with van der Waals surface area (Å²) in [6, 6.07) is 5.73. The third-order valence-corrected chi connectivity index (χ3v) is 3.77. The molecule has 0 unspecified atom stereocenters.